The fourth-order valence-electron chi connectivity index (χ4n) is 1.66. The number of furan rings is 1. The van der Waals surface area contributed by atoms with Crippen LogP contribution >= 0.6 is 0 Å². The van der Waals surface area contributed by atoms with Gasteiger partial charge in [0.2, 0.25) is 0 Å². The standard InChI is InChI=1S/C16H30N2O2/c1-12(2)17-9-15-8-14(13(3)20-15)10-19-11-16(4,5)18(6)7/h8,12,17H,9-11H2,1-7H3. The molecule has 0 bridgehead atoms. The summed E-state index contributed by atoms with van der Waals surface area (Å²) >= 11 is 0. The molecule has 4 heteroatoms. The maximum atomic E-state index is 5.84. The minimum absolute atomic E-state index is 0.0413. The van der Waals surface area contributed by atoms with E-state index < -0.39 is 0 Å². The van der Waals surface area contributed by atoms with Gasteiger partial charge in [0.05, 0.1) is 19.8 Å². The van der Waals surface area contributed by atoms with Crippen molar-refractivity contribution in [1.29, 1.82) is 0 Å². The lowest BCUT2D eigenvalue weighted by Crippen LogP contribution is -2.42. The summed E-state index contributed by atoms with van der Waals surface area (Å²) in [5.74, 6) is 1.93. The van der Waals surface area contributed by atoms with Crippen molar-refractivity contribution >= 4 is 0 Å². The predicted octanol–water partition coefficient (Wildman–Crippen LogP) is 2.94. The van der Waals surface area contributed by atoms with Gasteiger partial charge >= 0.3 is 0 Å². The second kappa shape index (κ2) is 7.25. The quantitative estimate of drug-likeness (QED) is 0.795. The molecule has 0 fully saturated rings. The Bertz CT molecular complexity index is 409. The highest BCUT2D eigenvalue weighted by Crippen LogP contribution is 2.17. The topological polar surface area (TPSA) is 37.6 Å². The molecule has 116 valence electrons. The normalized spacial score (nSPS) is 12.7. The molecule has 20 heavy (non-hydrogen) atoms. The molecule has 1 aromatic rings. The minimum Gasteiger partial charge on any atom is -0.465 e. The largest absolute Gasteiger partial charge is 0.465 e. The summed E-state index contributed by atoms with van der Waals surface area (Å²) in [5.41, 5.74) is 1.18. The van der Waals surface area contributed by atoms with Crippen LogP contribution in [0, 0.1) is 6.92 Å². The third-order valence-electron chi connectivity index (χ3n) is 3.68. The van der Waals surface area contributed by atoms with Gasteiger partial charge in [-0.25, -0.2) is 0 Å². The maximum absolute atomic E-state index is 5.84. The summed E-state index contributed by atoms with van der Waals surface area (Å²) < 4.78 is 11.6. The van der Waals surface area contributed by atoms with Gasteiger partial charge in [-0.2, -0.15) is 0 Å². The van der Waals surface area contributed by atoms with Crippen LogP contribution < -0.4 is 5.32 Å². The molecule has 0 spiro atoms. The molecule has 0 atom stereocenters. The second-order valence-electron chi connectivity index (χ2n) is 6.53. The third kappa shape index (κ3) is 5.27. The van der Waals surface area contributed by atoms with E-state index in [2.05, 4.69) is 58.1 Å². The molecule has 0 aliphatic heterocycles. The molecular weight excluding hydrogens is 252 g/mol. The Morgan fingerprint density at radius 3 is 2.55 bits per heavy atom. The van der Waals surface area contributed by atoms with E-state index in [-0.39, 0.29) is 5.54 Å². The molecule has 0 aromatic carbocycles. The van der Waals surface area contributed by atoms with Crippen molar-refractivity contribution in [3.63, 3.8) is 0 Å². The molecule has 4 nitrogen and oxygen atoms in total. The first-order valence-corrected chi connectivity index (χ1v) is 7.29. The summed E-state index contributed by atoms with van der Waals surface area (Å²) in [5, 5.41) is 3.36. The summed E-state index contributed by atoms with van der Waals surface area (Å²) in [6, 6.07) is 2.55. The van der Waals surface area contributed by atoms with Crippen molar-refractivity contribution in [3.8, 4) is 0 Å². The van der Waals surface area contributed by atoms with E-state index >= 15 is 0 Å². The molecule has 1 N–H and O–H groups in total. The zero-order valence-electron chi connectivity index (χ0n) is 14.0. The molecule has 1 heterocycles. The number of likely N-dealkylation sites (N-methyl/N-ethyl adjacent to an activating group) is 1. The van der Waals surface area contributed by atoms with E-state index in [1.54, 1.807) is 0 Å². The van der Waals surface area contributed by atoms with Crippen LogP contribution in [0.5, 0.6) is 0 Å². The summed E-state index contributed by atoms with van der Waals surface area (Å²) in [6.45, 7) is 12.7. The molecule has 0 saturated heterocycles. The zero-order chi connectivity index (χ0) is 15.3. The summed E-state index contributed by atoms with van der Waals surface area (Å²) in [7, 11) is 4.14. The van der Waals surface area contributed by atoms with Crippen LogP contribution in [0.15, 0.2) is 10.5 Å². The highest BCUT2D eigenvalue weighted by Gasteiger charge is 2.20. The van der Waals surface area contributed by atoms with Gasteiger partial charge < -0.3 is 19.4 Å². The fraction of sp³-hybridized carbons (Fsp3) is 0.750. The van der Waals surface area contributed by atoms with E-state index in [1.165, 1.54) is 0 Å². The number of hydrogen-bond donors (Lipinski definition) is 1. The lowest BCUT2D eigenvalue weighted by molar-refractivity contribution is 0.0270. The van der Waals surface area contributed by atoms with Crippen molar-refractivity contribution < 1.29 is 9.15 Å². The second-order valence-corrected chi connectivity index (χ2v) is 6.53. The van der Waals surface area contributed by atoms with Crippen LogP contribution in [-0.2, 0) is 17.9 Å². The Kier molecular flexibility index (Phi) is 6.24. The molecule has 0 aliphatic carbocycles. The van der Waals surface area contributed by atoms with Crippen LogP contribution in [0.25, 0.3) is 0 Å². The molecule has 0 amide bonds. The van der Waals surface area contributed by atoms with E-state index in [9.17, 15) is 0 Å². The molecule has 0 radical (unpaired) electrons. The Morgan fingerprint density at radius 1 is 1.35 bits per heavy atom. The first-order chi connectivity index (χ1) is 9.22. The first-order valence-electron chi connectivity index (χ1n) is 7.29. The smallest absolute Gasteiger partial charge is 0.118 e. The summed E-state index contributed by atoms with van der Waals surface area (Å²) in [4.78, 5) is 2.17. The molecule has 1 rings (SSSR count). The average molecular weight is 282 g/mol. The van der Waals surface area contributed by atoms with Gasteiger partial charge in [0.25, 0.3) is 0 Å². The number of aryl methyl sites for hydroxylation is 1. The lowest BCUT2D eigenvalue weighted by Gasteiger charge is -2.32. The minimum atomic E-state index is 0.0413. The zero-order valence-corrected chi connectivity index (χ0v) is 14.0. The highest BCUT2D eigenvalue weighted by molar-refractivity contribution is 5.20. The van der Waals surface area contributed by atoms with Crippen molar-refractivity contribution in [3.05, 3.63) is 23.2 Å². The molecule has 1 aromatic heterocycles. The number of nitrogens with zero attached hydrogens (tertiary/aromatic N) is 1. The highest BCUT2D eigenvalue weighted by atomic mass is 16.5. The van der Waals surface area contributed by atoms with Crippen LogP contribution in [0.4, 0.5) is 0 Å². The SMILES string of the molecule is Cc1oc(CNC(C)C)cc1COCC(C)(C)N(C)C. The van der Waals surface area contributed by atoms with Gasteiger partial charge in [0, 0.05) is 17.1 Å². The Morgan fingerprint density at radius 2 is 2.00 bits per heavy atom. The van der Waals surface area contributed by atoms with Crippen LogP contribution in [0.1, 0.15) is 44.8 Å². The molecule has 0 saturated carbocycles. The first kappa shape index (κ1) is 17.2. The van der Waals surface area contributed by atoms with Crippen LogP contribution in [0.2, 0.25) is 0 Å². The van der Waals surface area contributed by atoms with Gasteiger partial charge in [-0.1, -0.05) is 13.8 Å². The Hall–Kier alpha value is -0.840. The molecule has 0 unspecified atom stereocenters. The van der Waals surface area contributed by atoms with Gasteiger partial charge in [0.1, 0.15) is 11.5 Å². The van der Waals surface area contributed by atoms with E-state index in [4.69, 9.17) is 9.15 Å². The Balaban J connectivity index is 2.48. The molecule has 0 aliphatic rings. The lowest BCUT2D eigenvalue weighted by atomic mass is 10.1. The fourth-order valence-corrected chi connectivity index (χ4v) is 1.66. The average Bonchev–Trinajstić information content (AvgIpc) is 2.67. The van der Waals surface area contributed by atoms with Gasteiger partial charge in [-0.3, -0.25) is 0 Å². The van der Waals surface area contributed by atoms with E-state index in [0.717, 1.165) is 23.6 Å². The van der Waals surface area contributed by atoms with Crippen molar-refractivity contribution in [2.24, 2.45) is 0 Å². The Labute approximate surface area is 123 Å². The van der Waals surface area contributed by atoms with Crippen LogP contribution in [-0.4, -0.2) is 37.2 Å². The van der Waals surface area contributed by atoms with E-state index in [1.807, 2.05) is 6.92 Å². The van der Waals surface area contributed by atoms with Crippen LogP contribution in [0.3, 0.4) is 0 Å². The monoisotopic (exact) mass is 282 g/mol. The van der Waals surface area contributed by atoms with Crippen molar-refractivity contribution in [2.45, 2.75) is 59.4 Å². The maximum Gasteiger partial charge on any atom is 0.118 e. The van der Waals surface area contributed by atoms with Gasteiger partial charge in [-0.15, -0.1) is 0 Å². The van der Waals surface area contributed by atoms with Gasteiger partial charge in [0.15, 0.2) is 0 Å². The molecular formula is C16H30N2O2. The number of ether oxygens (including phenoxy) is 1. The van der Waals surface area contributed by atoms with Crippen molar-refractivity contribution in [1.82, 2.24) is 10.2 Å². The number of rotatable bonds is 8. The predicted molar refractivity (Wildman–Crippen MR) is 82.8 cm³/mol. The third-order valence-corrected chi connectivity index (χ3v) is 3.68. The number of hydrogen-bond acceptors (Lipinski definition) is 4. The summed E-state index contributed by atoms with van der Waals surface area (Å²) in [6.07, 6.45) is 0. The van der Waals surface area contributed by atoms with E-state index in [0.29, 0.717) is 19.3 Å². The van der Waals surface area contributed by atoms with Crippen molar-refractivity contribution in [2.75, 3.05) is 20.7 Å². The number of nitrogens with one attached hydrogen (secondary N) is 1. The van der Waals surface area contributed by atoms with Gasteiger partial charge in [-0.05, 0) is 40.9 Å².